The lowest BCUT2D eigenvalue weighted by molar-refractivity contribution is -0.347. The Labute approximate surface area is 124 Å². The molecule has 0 unspecified atom stereocenters. The van der Waals surface area contributed by atoms with E-state index in [1.807, 2.05) is 0 Å². The molecule has 0 spiro atoms. The Morgan fingerprint density at radius 2 is 1.81 bits per heavy atom. The van der Waals surface area contributed by atoms with Crippen molar-refractivity contribution in [2.45, 2.75) is 75.7 Å². The number of unbranched alkanes of at least 4 members (excludes halogenated alkanes) is 3. The third-order valence-corrected chi connectivity index (χ3v) is 3.81. The first kappa shape index (κ1) is 18.5. The summed E-state index contributed by atoms with van der Waals surface area (Å²) in [7, 11) is 0. The molecule has 124 valence electrons. The van der Waals surface area contributed by atoms with Gasteiger partial charge in [0.25, 0.3) is 0 Å². The van der Waals surface area contributed by atoms with Gasteiger partial charge in [0.05, 0.1) is 13.0 Å². The number of Topliss-reactive ketones (excluding diaryl/α,β-unsaturated/α-hetero) is 1. The molecule has 0 amide bonds. The van der Waals surface area contributed by atoms with E-state index in [1.165, 1.54) is 0 Å². The SMILES string of the molecule is CCCCCCC(=O)C[C@]1(O)O[C@H](CO)[C@@H](O)[C@H](O)[C@H]1O. The Hall–Kier alpha value is -0.570. The molecule has 0 saturated carbocycles. The minimum Gasteiger partial charge on any atom is -0.394 e. The highest BCUT2D eigenvalue weighted by atomic mass is 16.7. The lowest BCUT2D eigenvalue weighted by atomic mass is 9.89. The number of rotatable bonds is 8. The molecule has 0 aromatic carbocycles. The third-order valence-electron chi connectivity index (χ3n) is 3.81. The van der Waals surface area contributed by atoms with E-state index >= 15 is 0 Å². The first-order valence-corrected chi connectivity index (χ1v) is 7.42. The van der Waals surface area contributed by atoms with Gasteiger partial charge in [-0.2, -0.15) is 0 Å². The highest BCUT2D eigenvalue weighted by molar-refractivity contribution is 5.79. The van der Waals surface area contributed by atoms with Crippen molar-refractivity contribution in [3.63, 3.8) is 0 Å². The number of aliphatic hydroxyl groups excluding tert-OH is 4. The van der Waals surface area contributed by atoms with Crippen LogP contribution in [0.3, 0.4) is 0 Å². The zero-order valence-electron chi connectivity index (χ0n) is 12.3. The quantitative estimate of drug-likeness (QED) is 0.367. The number of carbonyl (C=O) groups is 1. The maximum Gasteiger partial charge on any atom is 0.202 e. The van der Waals surface area contributed by atoms with Crippen molar-refractivity contribution >= 4 is 5.78 Å². The van der Waals surface area contributed by atoms with Gasteiger partial charge in [-0.1, -0.05) is 26.2 Å². The van der Waals surface area contributed by atoms with Crippen LogP contribution in [0.25, 0.3) is 0 Å². The smallest absolute Gasteiger partial charge is 0.202 e. The molecule has 0 aromatic heterocycles. The zero-order chi connectivity index (χ0) is 16.0. The van der Waals surface area contributed by atoms with Crippen LogP contribution in [0, 0.1) is 0 Å². The van der Waals surface area contributed by atoms with Gasteiger partial charge in [0.15, 0.2) is 0 Å². The highest BCUT2D eigenvalue weighted by Crippen LogP contribution is 2.31. The van der Waals surface area contributed by atoms with Gasteiger partial charge in [-0.15, -0.1) is 0 Å². The van der Waals surface area contributed by atoms with Gasteiger partial charge in [-0.25, -0.2) is 0 Å². The second-order valence-electron chi connectivity index (χ2n) is 5.64. The monoisotopic (exact) mass is 306 g/mol. The number of hydrogen-bond acceptors (Lipinski definition) is 7. The van der Waals surface area contributed by atoms with Crippen LogP contribution in [-0.4, -0.2) is 68.1 Å². The van der Waals surface area contributed by atoms with E-state index in [-0.39, 0.29) is 12.2 Å². The van der Waals surface area contributed by atoms with Gasteiger partial charge in [-0.05, 0) is 6.42 Å². The molecule has 1 heterocycles. The summed E-state index contributed by atoms with van der Waals surface area (Å²) in [6.45, 7) is 1.41. The Kier molecular flexibility index (Phi) is 7.19. The molecule has 1 aliphatic heterocycles. The topological polar surface area (TPSA) is 127 Å². The maximum atomic E-state index is 11.9. The molecule has 0 bridgehead atoms. The summed E-state index contributed by atoms with van der Waals surface area (Å²) >= 11 is 0. The van der Waals surface area contributed by atoms with Crippen molar-refractivity contribution in [1.82, 2.24) is 0 Å². The van der Waals surface area contributed by atoms with Crippen LogP contribution in [-0.2, 0) is 9.53 Å². The van der Waals surface area contributed by atoms with Gasteiger partial charge in [0.2, 0.25) is 5.79 Å². The largest absolute Gasteiger partial charge is 0.394 e. The fourth-order valence-electron chi connectivity index (χ4n) is 2.49. The number of hydrogen-bond donors (Lipinski definition) is 5. The maximum absolute atomic E-state index is 11.9. The van der Waals surface area contributed by atoms with Crippen LogP contribution in [0.15, 0.2) is 0 Å². The molecule has 1 saturated heterocycles. The first-order valence-electron chi connectivity index (χ1n) is 7.42. The Balaban J connectivity index is 2.59. The fourth-order valence-corrected chi connectivity index (χ4v) is 2.49. The summed E-state index contributed by atoms with van der Waals surface area (Å²) < 4.78 is 5.04. The summed E-state index contributed by atoms with van der Waals surface area (Å²) in [6.07, 6.45) is -2.84. The van der Waals surface area contributed by atoms with Crippen molar-refractivity contribution in [3.05, 3.63) is 0 Å². The molecule has 7 heteroatoms. The molecule has 7 nitrogen and oxygen atoms in total. The van der Waals surface area contributed by atoms with Crippen LogP contribution in [0.4, 0.5) is 0 Å². The Morgan fingerprint density at radius 3 is 2.38 bits per heavy atom. The average molecular weight is 306 g/mol. The van der Waals surface area contributed by atoms with E-state index in [4.69, 9.17) is 9.84 Å². The molecule has 5 atom stereocenters. The lowest BCUT2D eigenvalue weighted by Gasteiger charge is -2.45. The molecule has 5 N–H and O–H groups in total. The van der Waals surface area contributed by atoms with Crippen molar-refractivity contribution in [3.8, 4) is 0 Å². The minimum absolute atomic E-state index is 0.251. The molecule has 0 radical (unpaired) electrons. The third kappa shape index (κ3) is 4.70. The standard InChI is InChI=1S/C14H26O7/c1-2-3-4-5-6-9(16)7-14(20)13(19)12(18)11(17)10(8-15)21-14/h10-13,15,17-20H,2-8H2,1H3/t10-,11-,12+,13-,14+/m1/s1. The van der Waals surface area contributed by atoms with Crippen molar-refractivity contribution in [2.24, 2.45) is 0 Å². The summed E-state index contributed by atoms with van der Waals surface area (Å²) in [5.41, 5.74) is 0. The van der Waals surface area contributed by atoms with Crippen LogP contribution in [0.1, 0.15) is 45.4 Å². The Bertz CT molecular complexity index is 333. The first-order chi connectivity index (χ1) is 9.85. The van der Waals surface area contributed by atoms with E-state index in [9.17, 15) is 25.2 Å². The van der Waals surface area contributed by atoms with Crippen LogP contribution in [0.2, 0.25) is 0 Å². The summed E-state index contributed by atoms with van der Waals surface area (Å²) in [5, 5.41) is 48.4. The van der Waals surface area contributed by atoms with Gasteiger partial charge in [-0.3, -0.25) is 4.79 Å². The fraction of sp³-hybridized carbons (Fsp3) is 0.929. The molecule has 0 aromatic rings. The van der Waals surface area contributed by atoms with Crippen molar-refractivity contribution < 1.29 is 35.1 Å². The van der Waals surface area contributed by atoms with Crippen molar-refractivity contribution in [1.29, 1.82) is 0 Å². The molecule has 1 fully saturated rings. The molecule has 1 aliphatic rings. The average Bonchev–Trinajstić information content (AvgIpc) is 2.45. The van der Waals surface area contributed by atoms with Gasteiger partial charge >= 0.3 is 0 Å². The normalized spacial score (nSPS) is 36.7. The number of aliphatic hydroxyl groups is 5. The second-order valence-corrected chi connectivity index (χ2v) is 5.64. The second kappa shape index (κ2) is 8.17. The van der Waals surface area contributed by atoms with Crippen LogP contribution >= 0.6 is 0 Å². The van der Waals surface area contributed by atoms with E-state index in [1.54, 1.807) is 0 Å². The summed E-state index contributed by atoms with van der Waals surface area (Å²) in [4.78, 5) is 11.9. The molecular formula is C14H26O7. The van der Waals surface area contributed by atoms with Gasteiger partial charge in [0, 0.05) is 6.42 Å². The summed E-state index contributed by atoms with van der Waals surface area (Å²) in [5.74, 6) is -2.58. The predicted molar refractivity (Wildman–Crippen MR) is 73.3 cm³/mol. The molecule has 21 heavy (non-hydrogen) atoms. The van der Waals surface area contributed by atoms with E-state index in [2.05, 4.69) is 6.92 Å². The van der Waals surface area contributed by atoms with Gasteiger partial charge in [0.1, 0.15) is 30.2 Å². The number of ether oxygens (including phenoxy) is 1. The van der Waals surface area contributed by atoms with Crippen LogP contribution in [0.5, 0.6) is 0 Å². The van der Waals surface area contributed by atoms with Gasteiger partial charge < -0.3 is 30.3 Å². The highest BCUT2D eigenvalue weighted by Gasteiger charge is 2.53. The summed E-state index contributed by atoms with van der Waals surface area (Å²) in [6, 6.07) is 0. The number of ketones is 1. The van der Waals surface area contributed by atoms with Crippen molar-refractivity contribution in [2.75, 3.05) is 6.61 Å². The van der Waals surface area contributed by atoms with E-state index in [0.717, 1.165) is 19.3 Å². The molecular weight excluding hydrogens is 280 g/mol. The van der Waals surface area contributed by atoms with E-state index in [0.29, 0.717) is 6.42 Å². The predicted octanol–water partition coefficient (Wildman–Crippen LogP) is -0.922. The Morgan fingerprint density at radius 1 is 1.14 bits per heavy atom. The molecule has 1 rings (SSSR count). The molecule has 0 aliphatic carbocycles. The minimum atomic E-state index is -2.28. The van der Waals surface area contributed by atoms with Crippen LogP contribution < -0.4 is 0 Å². The number of carbonyl (C=O) groups excluding carboxylic acids is 1. The zero-order valence-corrected chi connectivity index (χ0v) is 12.3. The van der Waals surface area contributed by atoms with E-state index < -0.39 is 43.2 Å². The lowest BCUT2D eigenvalue weighted by Crippen LogP contribution is -2.65.